The van der Waals surface area contributed by atoms with Crippen LogP contribution in [-0.4, -0.2) is 66.7 Å². The molecule has 2 N–H and O–H groups in total. The molecule has 0 spiro atoms. The number of azo groups is 1. The van der Waals surface area contributed by atoms with E-state index in [0.29, 0.717) is 0 Å². The summed E-state index contributed by atoms with van der Waals surface area (Å²) in [6.45, 7) is 2.55. The summed E-state index contributed by atoms with van der Waals surface area (Å²) in [6, 6.07) is 3.60. The summed E-state index contributed by atoms with van der Waals surface area (Å²) < 4.78 is 0. The van der Waals surface area contributed by atoms with Gasteiger partial charge in [0.1, 0.15) is 9.62 Å². The lowest BCUT2D eigenvalue weighted by Crippen LogP contribution is -2.50. The molecule has 0 bridgehead atoms. The topological polar surface area (TPSA) is 234 Å². The lowest BCUT2D eigenvalue weighted by Gasteiger charge is -2.20. The monoisotopic (exact) mass is 508 g/mol. The van der Waals surface area contributed by atoms with Gasteiger partial charge in [-0.05, 0) is 26.7 Å². The van der Waals surface area contributed by atoms with Crippen molar-refractivity contribution < 1.29 is 58.5 Å². The maximum atomic E-state index is 12.0. The van der Waals surface area contributed by atoms with E-state index in [9.17, 15) is 49.7 Å². The van der Waals surface area contributed by atoms with Crippen LogP contribution in [0, 0.1) is 22.7 Å². The number of amides is 4. The Balaban J connectivity index is 1.97. The van der Waals surface area contributed by atoms with Crippen molar-refractivity contribution in [2.24, 2.45) is 10.2 Å². The van der Waals surface area contributed by atoms with E-state index in [1.807, 2.05) is 0 Å². The van der Waals surface area contributed by atoms with Crippen LogP contribution >= 0.6 is 0 Å². The van der Waals surface area contributed by atoms with Crippen molar-refractivity contribution in [3.8, 4) is 12.1 Å². The van der Waals surface area contributed by atoms with Crippen LogP contribution in [0.2, 0.25) is 0 Å². The molecule has 0 aromatic heterocycles. The number of hydrogen-bond acceptors (Lipinski definition) is 14. The van der Waals surface area contributed by atoms with Gasteiger partial charge in [-0.1, -0.05) is 0 Å². The van der Waals surface area contributed by atoms with Crippen LogP contribution in [0.15, 0.2) is 10.2 Å². The number of carbonyl (C=O) groups is 6. The van der Waals surface area contributed by atoms with Gasteiger partial charge >= 0.3 is 35.6 Å². The lowest BCUT2D eigenvalue weighted by atomic mass is 9.97. The number of hydrogen-bond donors (Lipinski definition) is 2. The van der Waals surface area contributed by atoms with Crippen molar-refractivity contribution in [1.29, 1.82) is 10.5 Å². The zero-order valence-electron chi connectivity index (χ0n) is 19.5. The number of nitrogens with zero attached hydrogens (tertiary/aromatic N) is 6. The van der Waals surface area contributed by atoms with E-state index in [1.54, 1.807) is 12.1 Å². The van der Waals surface area contributed by atoms with Gasteiger partial charge < -0.3 is 0 Å². The summed E-state index contributed by atoms with van der Waals surface area (Å²) in [6.07, 6.45) is -2.92. The Morgan fingerprint density at radius 2 is 1.06 bits per heavy atom. The Morgan fingerprint density at radius 3 is 1.31 bits per heavy atom. The number of rotatable bonds is 10. The molecule has 2 unspecified atom stereocenters. The molecule has 2 aliphatic heterocycles. The van der Waals surface area contributed by atoms with Crippen LogP contribution in [0.1, 0.15) is 65.2 Å². The first-order valence-electron chi connectivity index (χ1n) is 10.7. The average molecular weight is 508 g/mol. The minimum absolute atomic E-state index is 0.294. The second-order valence-electron chi connectivity index (χ2n) is 8.62. The first-order valence-corrected chi connectivity index (χ1v) is 10.7. The molecule has 4 amide bonds. The van der Waals surface area contributed by atoms with Crippen molar-refractivity contribution >= 4 is 35.6 Å². The molecule has 2 heterocycles. The Bertz CT molecular complexity index is 1000. The third kappa shape index (κ3) is 5.99. The highest BCUT2D eigenvalue weighted by atomic mass is 17.0. The Morgan fingerprint density at radius 1 is 0.778 bits per heavy atom. The van der Waals surface area contributed by atoms with Gasteiger partial charge in [-0.15, -0.1) is 0 Å². The van der Waals surface area contributed by atoms with Crippen LogP contribution in [0.5, 0.6) is 0 Å². The first kappa shape index (κ1) is 28.3. The van der Waals surface area contributed by atoms with Gasteiger partial charge in [0, 0.05) is 0 Å². The van der Waals surface area contributed by atoms with Crippen LogP contribution < -0.4 is 0 Å². The van der Waals surface area contributed by atoms with Crippen molar-refractivity contribution in [1.82, 2.24) is 0 Å². The largest absolute Gasteiger partial charge is 0.397 e. The molecule has 2 rings (SSSR count). The van der Waals surface area contributed by atoms with Crippen LogP contribution in [-0.2, 0) is 38.4 Å². The molecule has 0 aromatic rings. The molecular formula is C20H24N6O10+2. The van der Waals surface area contributed by atoms with Crippen LogP contribution in [0.4, 0.5) is 0 Å². The number of imide groups is 2. The third-order valence-electron chi connectivity index (χ3n) is 5.53. The van der Waals surface area contributed by atoms with E-state index in [2.05, 4.69) is 19.9 Å². The van der Waals surface area contributed by atoms with E-state index in [0.717, 1.165) is 0 Å². The van der Waals surface area contributed by atoms with Gasteiger partial charge in [-0.2, -0.15) is 31.2 Å². The predicted octanol–water partition coefficient (Wildman–Crippen LogP) is 0.586. The van der Waals surface area contributed by atoms with Crippen molar-refractivity contribution in [3.63, 3.8) is 0 Å². The fraction of sp³-hybridized carbons (Fsp3) is 0.600. The van der Waals surface area contributed by atoms with Crippen LogP contribution in [0.25, 0.3) is 0 Å². The minimum Gasteiger partial charge on any atom is -0.245 e. The highest BCUT2D eigenvalue weighted by Gasteiger charge is 2.56. The lowest BCUT2D eigenvalue weighted by molar-refractivity contribution is -1.12. The van der Waals surface area contributed by atoms with Gasteiger partial charge in [0.25, 0.3) is 0 Å². The molecule has 36 heavy (non-hydrogen) atoms. The normalized spacial score (nSPS) is 21.9. The minimum atomic E-state index is -2.10. The summed E-state index contributed by atoms with van der Waals surface area (Å²) in [5.74, 6) is -6.34. The molecule has 2 saturated heterocycles. The van der Waals surface area contributed by atoms with Crippen molar-refractivity contribution in [2.75, 3.05) is 0 Å². The molecular weight excluding hydrogens is 484 g/mol. The average Bonchev–Trinajstić information content (AvgIpc) is 3.24. The summed E-state index contributed by atoms with van der Waals surface area (Å²) in [7, 11) is 0. The molecule has 2 fully saturated rings. The van der Waals surface area contributed by atoms with Gasteiger partial charge in [-0.25, -0.2) is 38.4 Å². The quantitative estimate of drug-likeness (QED) is 0.178. The number of carbonyl (C=O) groups excluding carboxylic acids is 6. The molecule has 0 radical (unpaired) electrons. The highest BCUT2D eigenvalue weighted by molar-refractivity contribution is 5.91. The van der Waals surface area contributed by atoms with Gasteiger partial charge in [0.2, 0.25) is 0 Å². The standard InChI is InChI=1S/C20H24N6O10/c1-19(11-21,9-7-17(31)35-25(33)13(27)3-4-14(25)28)23-24-20(2,12-22)10-8-18(32)36-26(34)15(29)5-6-16(26)30/h33-34H,3-10H2,1-2H3/q+2. The SMILES string of the molecule is CC(C#N)(CCC(=O)O[N+]1(O)C(=O)CCC1=O)N=NC(C)(C#N)CCC(=O)O[N+]1(O)C(=O)CCC1=O. The number of quaternary nitrogens is 2. The zero-order valence-corrected chi connectivity index (χ0v) is 19.5. The molecule has 16 nitrogen and oxygen atoms in total. The summed E-state index contributed by atoms with van der Waals surface area (Å²) in [5.41, 5.74) is -3.35. The summed E-state index contributed by atoms with van der Waals surface area (Å²) in [4.78, 5) is 75.6. The first-order chi connectivity index (χ1) is 16.6. The maximum Gasteiger partial charge on any atom is 0.397 e. The van der Waals surface area contributed by atoms with E-state index in [1.165, 1.54) is 13.8 Å². The molecule has 192 valence electrons. The molecule has 0 aliphatic carbocycles. The summed E-state index contributed by atoms with van der Waals surface area (Å²) >= 11 is 0. The van der Waals surface area contributed by atoms with Crippen LogP contribution in [0.3, 0.4) is 0 Å². The Labute approximate surface area is 203 Å². The van der Waals surface area contributed by atoms with E-state index in [-0.39, 0.29) is 38.5 Å². The molecule has 0 saturated carbocycles. The second-order valence-corrected chi connectivity index (χ2v) is 8.62. The Hall–Kier alpha value is -3.96. The third-order valence-corrected chi connectivity index (χ3v) is 5.53. The maximum absolute atomic E-state index is 12.0. The summed E-state index contributed by atoms with van der Waals surface area (Å²) in [5, 5.41) is 46.4. The molecule has 2 aliphatic rings. The molecule has 16 heteroatoms. The van der Waals surface area contributed by atoms with Crippen molar-refractivity contribution in [3.05, 3.63) is 0 Å². The fourth-order valence-electron chi connectivity index (χ4n) is 3.07. The van der Waals surface area contributed by atoms with Gasteiger partial charge in [0.15, 0.2) is 11.1 Å². The smallest absolute Gasteiger partial charge is 0.245 e. The van der Waals surface area contributed by atoms with E-state index < -0.39 is 69.1 Å². The Kier molecular flexibility index (Phi) is 8.12. The highest BCUT2D eigenvalue weighted by Crippen LogP contribution is 2.27. The van der Waals surface area contributed by atoms with Gasteiger partial charge in [0.05, 0.1) is 50.7 Å². The van der Waals surface area contributed by atoms with Gasteiger partial charge in [-0.3, -0.25) is 0 Å². The number of nitriles is 2. The van der Waals surface area contributed by atoms with Crippen molar-refractivity contribution in [2.45, 2.75) is 76.3 Å². The fourth-order valence-corrected chi connectivity index (χ4v) is 3.07. The van der Waals surface area contributed by atoms with E-state index in [4.69, 9.17) is 0 Å². The molecule has 0 aromatic carbocycles. The second kappa shape index (κ2) is 10.3. The number of hydroxylamine groups is 8. The van der Waals surface area contributed by atoms with E-state index >= 15 is 0 Å². The zero-order chi connectivity index (χ0) is 27.4. The molecule has 2 atom stereocenters. The predicted molar refractivity (Wildman–Crippen MR) is 106 cm³/mol.